The van der Waals surface area contributed by atoms with Crippen molar-refractivity contribution >= 4 is 20.2 Å². The van der Waals surface area contributed by atoms with Crippen LogP contribution in [0, 0.1) is 0 Å². The predicted molar refractivity (Wildman–Crippen MR) is 84.9 cm³/mol. The zero-order valence-corrected chi connectivity index (χ0v) is 15.6. The molecule has 0 aromatic heterocycles. The number of nitrogens with zero attached hydrogens (tertiary/aromatic N) is 1. The molecule has 1 atom stereocenters. The topological polar surface area (TPSA) is 55.8 Å². The molecule has 6 heteroatoms. The zero-order valence-electron chi connectivity index (χ0n) is 14.6. The second kappa shape index (κ2) is 5.72. The van der Waals surface area contributed by atoms with Gasteiger partial charge in [0, 0.05) is 0 Å². The third-order valence-corrected chi connectivity index (χ3v) is 8.47. The van der Waals surface area contributed by atoms with E-state index in [0.29, 0.717) is 6.54 Å². The Labute approximate surface area is 129 Å². The molecule has 0 aliphatic carbocycles. The van der Waals surface area contributed by atoms with E-state index in [4.69, 9.17) is 9.16 Å². The normalized spacial score (nSPS) is 20.9. The van der Waals surface area contributed by atoms with E-state index in [1.165, 1.54) is 4.90 Å². The number of carbonyl (C=O) groups excluding carboxylic acids is 2. The number of Topliss-reactive ketones (excluding diaryl/α,β-unsaturated/α-hetero) is 1. The molecule has 1 aliphatic rings. The molecule has 0 N–H and O–H groups in total. The maximum absolute atomic E-state index is 12.1. The molecule has 5 nitrogen and oxygen atoms in total. The summed E-state index contributed by atoms with van der Waals surface area (Å²) in [5.74, 6) is -0.0364. The summed E-state index contributed by atoms with van der Waals surface area (Å²) in [5, 5.41) is 0.0343. The van der Waals surface area contributed by atoms with Gasteiger partial charge in [0.15, 0.2) is 14.1 Å². The summed E-state index contributed by atoms with van der Waals surface area (Å²) in [5.41, 5.74) is -0.557. The maximum atomic E-state index is 12.1. The molecule has 1 rings (SSSR count). The van der Waals surface area contributed by atoms with Gasteiger partial charge >= 0.3 is 6.09 Å². The summed E-state index contributed by atoms with van der Waals surface area (Å²) in [6, 6.07) is 0. The lowest BCUT2D eigenvalue weighted by Crippen LogP contribution is -2.46. The summed E-state index contributed by atoms with van der Waals surface area (Å²) in [6.45, 7) is 16.4. The Bertz CT molecular complexity index is 420. The van der Waals surface area contributed by atoms with Gasteiger partial charge in [-0.3, -0.25) is 9.69 Å². The average molecular weight is 315 g/mol. The van der Waals surface area contributed by atoms with Crippen molar-refractivity contribution in [3.05, 3.63) is 0 Å². The fourth-order valence-corrected chi connectivity index (χ4v) is 3.03. The molecular formula is C15H29NO4Si. The van der Waals surface area contributed by atoms with E-state index in [2.05, 4.69) is 33.9 Å². The monoisotopic (exact) mass is 315 g/mol. The SMILES string of the molecule is CC(C)(C)OC(=O)N1CC(=O)C(O[Si](C)(C)C(C)(C)C)C1. The van der Waals surface area contributed by atoms with E-state index >= 15 is 0 Å². The number of likely N-dealkylation sites (tertiary alicyclic amines) is 1. The van der Waals surface area contributed by atoms with Gasteiger partial charge in [0.1, 0.15) is 11.7 Å². The third-order valence-electron chi connectivity index (χ3n) is 3.99. The molecule has 0 aromatic carbocycles. The van der Waals surface area contributed by atoms with Crippen molar-refractivity contribution < 1.29 is 18.8 Å². The quantitative estimate of drug-likeness (QED) is 0.734. The first kappa shape index (κ1) is 18.2. The minimum absolute atomic E-state index is 0.0343. The molecule has 0 aromatic rings. The van der Waals surface area contributed by atoms with Crippen molar-refractivity contribution in [2.75, 3.05) is 13.1 Å². The molecule has 1 saturated heterocycles. The molecular weight excluding hydrogens is 286 g/mol. The predicted octanol–water partition coefficient (Wildman–Crippen LogP) is 3.20. The standard InChI is InChI=1S/C15H29NO4Si/c1-14(2,3)19-13(18)16-9-11(17)12(10-16)20-21(7,8)15(4,5)6/h12H,9-10H2,1-8H3. The Morgan fingerprint density at radius 3 is 2.14 bits per heavy atom. The van der Waals surface area contributed by atoms with Crippen LogP contribution in [-0.2, 0) is 14.0 Å². The zero-order chi connectivity index (χ0) is 16.6. The number of amides is 1. The van der Waals surface area contributed by atoms with Gasteiger partial charge in [-0.15, -0.1) is 0 Å². The number of hydrogen-bond acceptors (Lipinski definition) is 4. The molecule has 1 heterocycles. The molecule has 122 valence electrons. The molecule has 1 aliphatic heterocycles. The fraction of sp³-hybridized carbons (Fsp3) is 0.867. The first-order valence-corrected chi connectivity index (χ1v) is 10.3. The van der Waals surface area contributed by atoms with Crippen LogP contribution in [0.5, 0.6) is 0 Å². The number of ketones is 1. The second-order valence-corrected chi connectivity index (χ2v) is 13.0. The van der Waals surface area contributed by atoms with Gasteiger partial charge in [-0.1, -0.05) is 20.8 Å². The average Bonchev–Trinajstić information content (AvgIpc) is 2.55. The van der Waals surface area contributed by atoms with Gasteiger partial charge < -0.3 is 9.16 Å². The van der Waals surface area contributed by atoms with Crippen molar-refractivity contribution in [3.8, 4) is 0 Å². The van der Waals surface area contributed by atoms with E-state index in [1.54, 1.807) is 0 Å². The Morgan fingerprint density at radius 1 is 1.19 bits per heavy atom. The molecule has 0 spiro atoms. The Kier molecular flexibility index (Phi) is 4.95. The highest BCUT2D eigenvalue weighted by molar-refractivity contribution is 6.74. The number of carbonyl (C=O) groups is 2. The van der Waals surface area contributed by atoms with Crippen molar-refractivity contribution in [1.29, 1.82) is 0 Å². The lowest BCUT2D eigenvalue weighted by molar-refractivity contribution is -0.122. The summed E-state index contributed by atoms with van der Waals surface area (Å²) >= 11 is 0. The maximum Gasteiger partial charge on any atom is 0.410 e. The molecule has 1 fully saturated rings. The second-order valence-electron chi connectivity index (χ2n) is 8.19. The van der Waals surface area contributed by atoms with Crippen LogP contribution in [0.15, 0.2) is 0 Å². The first-order chi connectivity index (χ1) is 9.23. The van der Waals surface area contributed by atoms with Gasteiger partial charge in [0.05, 0.1) is 13.1 Å². The Balaban J connectivity index is 2.70. The fourth-order valence-electron chi connectivity index (χ4n) is 1.76. The summed E-state index contributed by atoms with van der Waals surface area (Å²) < 4.78 is 11.4. The molecule has 0 bridgehead atoms. The van der Waals surface area contributed by atoms with Crippen LogP contribution in [0.25, 0.3) is 0 Å². The van der Waals surface area contributed by atoms with Gasteiger partial charge in [-0.2, -0.15) is 0 Å². The van der Waals surface area contributed by atoms with Gasteiger partial charge in [0.25, 0.3) is 0 Å². The Morgan fingerprint density at radius 2 is 1.71 bits per heavy atom. The molecule has 0 radical (unpaired) electrons. The number of ether oxygens (including phenoxy) is 1. The highest BCUT2D eigenvalue weighted by Crippen LogP contribution is 2.38. The smallest absolute Gasteiger partial charge is 0.410 e. The molecule has 1 unspecified atom stereocenters. The number of rotatable bonds is 2. The van der Waals surface area contributed by atoms with E-state index in [0.717, 1.165) is 0 Å². The number of hydrogen-bond donors (Lipinski definition) is 0. The van der Waals surface area contributed by atoms with E-state index in [-0.39, 0.29) is 17.4 Å². The van der Waals surface area contributed by atoms with Crippen LogP contribution in [0.1, 0.15) is 41.5 Å². The summed E-state index contributed by atoms with van der Waals surface area (Å²) in [7, 11) is -2.02. The van der Waals surface area contributed by atoms with Gasteiger partial charge in [-0.25, -0.2) is 4.79 Å². The van der Waals surface area contributed by atoms with E-state index in [9.17, 15) is 9.59 Å². The van der Waals surface area contributed by atoms with Crippen LogP contribution in [0.2, 0.25) is 18.1 Å². The minimum atomic E-state index is -2.02. The van der Waals surface area contributed by atoms with Crippen LogP contribution >= 0.6 is 0 Å². The minimum Gasteiger partial charge on any atom is -0.444 e. The van der Waals surface area contributed by atoms with Crippen molar-refractivity contribution in [3.63, 3.8) is 0 Å². The third kappa shape index (κ3) is 4.81. The molecule has 21 heavy (non-hydrogen) atoms. The first-order valence-electron chi connectivity index (χ1n) is 7.41. The van der Waals surface area contributed by atoms with E-state index in [1.807, 2.05) is 20.8 Å². The lowest BCUT2D eigenvalue weighted by atomic mass is 10.2. The Hall–Kier alpha value is -0.883. The van der Waals surface area contributed by atoms with Crippen LogP contribution in [-0.4, -0.2) is 49.9 Å². The molecule has 1 amide bonds. The van der Waals surface area contributed by atoms with Gasteiger partial charge in [-0.05, 0) is 38.9 Å². The van der Waals surface area contributed by atoms with Crippen molar-refractivity contribution in [1.82, 2.24) is 4.90 Å². The highest BCUT2D eigenvalue weighted by Gasteiger charge is 2.44. The van der Waals surface area contributed by atoms with Crippen molar-refractivity contribution in [2.45, 2.75) is 71.4 Å². The van der Waals surface area contributed by atoms with E-state index < -0.39 is 26.1 Å². The van der Waals surface area contributed by atoms with Crippen LogP contribution in [0.4, 0.5) is 4.79 Å². The highest BCUT2D eigenvalue weighted by atomic mass is 28.4. The van der Waals surface area contributed by atoms with Gasteiger partial charge in [0.2, 0.25) is 0 Å². The lowest BCUT2D eigenvalue weighted by Gasteiger charge is -2.37. The van der Waals surface area contributed by atoms with Crippen LogP contribution < -0.4 is 0 Å². The largest absolute Gasteiger partial charge is 0.444 e. The summed E-state index contributed by atoms with van der Waals surface area (Å²) in [6.07, 6.45) is -0.962. The van der Waals surface area contributed by atoms with Crippen LogP contribution in [0.3, 0.4) is 0 Å². The summed E-state index contributed by atoms with van der Waals surface area (Å²) in [4.78, 5) is 25.6. The van der Waals surface area contributed by atoms with Crippen molar-refractivity contribution in [2.24, 2.45) is 0 Å². The molecule has 0 saturated carbocycles.